The summed E-state index contributed by atoms with van der Waals surface area (Å²) in [5.74, 6) is -20.2. The number of carboxylic acid groups (broad SMARTS) is 2. The standard InChI is InChI=1S/C83H86Cl2N8O30/c1-32(2)9-7-5-6-8-10-56(99)88-65-68(102)70(104)73(81(114)115)123-82(65)122-72-53-25-38-26-54(72)119-50-20-15-37(23-45(50)84)66(100)64-79(111)92-63(80(112)113)43-27-39(95)28-52(120-83-71(105)69(103)67(101)55(121-83)31-116-33(3)94)57(43)42-22-35(13-18-47(42)96)60(76(108)93-64)89-77(109)61(38)90-78(110)62-44-29-41(30-49(98)58(44)85)118-51-24-36(14-19-48(51)97)59(86-4)75(107)87-46(74(106)91-62)21-34-11-16-40(117-53)17-12-34/h11-20,22-30,32,46,55,59-71,73,82-83,86,95-98,100-105H,5-10,21,31H2,1-4H3,(H,87,107)(H,88,99)(H,89,109)(H,90,110)(H,91,106)(H,92,111)(H,93,108)(H,112,113)(H,114,115)/t46-,55-,59-,60-,61-,62+,63-,64+,65-,66-,67-,68-,69+,70+,71+,73+,82-,83+/m1/s1. The van der Waals surface area contributed by atoms with Crippen molar-refractivity contribution in [3.63, 3.8) is 0 Å². The molecule has 7 aromatic rings. The zero-order chi connectivity index (χ0) is 88.4. The number of hydrogen-bond donors (Lipinski definition) is 20. The minimum atomic E-state index is -2.48. The Morgan fingerprint density at radius 2 is 1.20 bits per heavy atom. The van der Waals surface area contributed by atoms with Gasteiger partial charge in [0.2, 0.25) is 59.7 Å². The number of phenols is 4. The van der Waals surface area contributed by atoms with Gasteiger partial charge in [-0.25, -0.2) is 9.59 Å². The molecular formula is C83H86Cl2N8O30. The van der Waals surface area contributed by atoms with Gasteiger partial charge in [0.1, 0.15) is 132 Å². The summed E-state index contributed by atoms with van der Waals surface area (Å²) in [6, 6.07) is 4.20. The van der Waals surface area contributed by atoms with Crippen LogP contribution in [0.15, 0.2) is 115 Å². The van der Waals surface area contributed by atoms with Crippen LogP contribution in [-0.4, -0.2) is 208 Å². The molecule has 0 aliphatic carbocycles. The Morgan fingerprint density at radius 1 is 0.545 bits per heavy atom. The average molecular weight is 1750 g/mol. The molecule has 0 saturated carbocycles. The fourth-order valence-corrected chi connectivity index (χ4v) is 15.5. The summed E-state index contributed by atoms with van der Waals surface area (Å²) in [6.45, 7) is 4.38. The second kappa shape index (κ2) is 37.2. The zero-order valence-corrected chi connectivity index (χ0v) is 67.1. The minimum Gasteiger partial charge on any atom is -0.508 e. The number of rotatable bonds is 17. The number of phenolic OH excluding ortho intramolecular Hbond substituents is 4. The highest BCUT2D eigenvalue weighted by Gasteiger charge is 2.52. The molecule has 2 fully saturated rings. The molecule has 8 aliphatic rings. The van der Waals surface area contributed by atoms with Crippen molar-refractivity contribution in [2.24, 2.45) is 5.92 Å². The van der Waals surface area contributed by atoms with Crippen LogP contribution < -0.4 is 66.2 Å². The number of nitrogens with one attached hydrogen (secondary N) is 8. The summed E-state index contributed by atoms with van der Waals surface area (Å²) in [5, 5.41) is 158. The van der Waals surface area contributed by atoms with E-state index >= 15 is 24.0 Å². The highest BCUT2D eigenvalue weighted by molar-refractivity contribution is 6.33. The van der Waals surface area contributed by atoms with E-state index in [-0.39, 0.29) is 40.4 Å². The first kappa shape index (κ1) is 88.4. The lowest BCUT2D eigenvalue weighted by Gasteiger charge is -2.41. The van der Waals surface area contributed by atoms with Crippen LogP contribution in [0.4, 0.5) is 0 Å². The maximum Gasteiger partial charge on any atom is 0.335 e. The number of benzene rings is 7. The predicted octanol–water partition coefficient (Wildman–Crippen LogP) is 3.98. The van der Waals surface area contributed by atoms with Gasteiger partial charge >= 0.3 is 17.9 Å². The van der Waals surface area contributed by atoms with Crippen LogP contribution >= 0.6 is 23.2 Å². The summed E-state index contributed by atoms with van der Waals surface area (Å²) in [4.78, 5) is 148. The van der Waals surface area contributed by atoms with E-state index in [9.17, 15) is 85.3 Å². The molecule has 18 atom stereocenters. The van der Waals surface area contributed by atoms with E-state index in [4.69, 9.17) is 61.1 Å². The largest absolute Gasteiger partial charge is 0.508 e. The van der Waals surface area contributed by atoms with Crippen molar-refractivity contribution in [2.75, 3.05) is 13.7 Å². The van der Waals surface area contributed by atoms with E-state index in [2.05, 4.69) is 56.4 Å². The van der Waals surface area contributed by atoms with Gasteiger partial charge in [-0.1, -0.05) is 93.1 Å². The Morgan fingerprint density at radius 3 is 1.89 bits per heavy atom. The lowest BCUT2D eigenvalue weighted by Crippen LogP contribution is -2.66. The number of aromatic hydroxyl groups is 4. The van der Waals surface area contributed by atoms with Gasteiger partial charge in [-0.2, -0.15) is 0 Å². The minimum absolute atomic E-state index is 0.160. The summed E-state index contributed by atoms with van der Waals surface area (Å²) >= 11 is 14.2. The van der Waals surface area contributed by atoms with Gasteiger partial charge in [0, 0.05) is 54.2 Å². The Hall–Kier alpha value is -12.3. The maximum atomic E-state index is 16.7. The third-order valence-corrected chi connectivity index (χ3v) is 22.1. The number of ether oxygens (including phenoxy) is 8. The van der Waals surface area contributed by atoms with E-state index in [1.807, 2.05) is 0 Å². The lowest BCUT2D eigenvalue weighted by atomic mass is 9.89. The van der Waals surface area contributed by atoms with Gasteiger partial charge in [0.15, 0.2) is 35.1 Å². The molecule has 0 radical (unpaired) electrons. The maximum absolute atomic E-state index is 16.7. The number of halogens is 2. The van der Waals surface area contributed by atoms with Crippen molar-refractivity contribution < 1.29 is 147 Å². The number of amides is 7. The number of aliphatic hydroxyl groups is 6. The molecule has 15 rings (SSSR count). The van der Waals surface area contributed by atoms with Gasteiger partial charge in [-0.15, -0.1) is 0 Å². The van der Waals surface area contributed by atoms with E-state index < -0.39 is 277 Å². The molecule has 652 valence electrons. The van der Waals surface area contributed by atoms with Crippen molar-refractivity contribution >= 4 is 82.5 Å². The SMILES string of the molecule is CN[C@H]1C(=O)N[C@@H]2Cc3ccc(cc3)Oc3cc4cc(c3O[C@@H]3O[C@H](C(=O)O)[C@@H](O)[C@H](O)[C@H]3NC(=O)CCCCCCC(C)C)Oc3ccc(cc3Cl)[C@@H](O)[C@@H]3NC(=O)[C@H](NC(=O)[C@@H]4NC(=O)[C@@H](NC2=O)c2cc(cc(O)c2Cl)Oc2cc1ccc2O)c1ccc(O)c(c1)-c1c(O[C@H]2O[C@H](COC(C)=O)[C@@H](O)[C@H](O)[C@@H]2O)cc(O)cc1[C@H](C(=O)O)NC3=O. The molecule has 40 heteroatoms. The van der Waals surface area contributed by atoms with Crippen LogP contribution in [0.1, 0.15) is 135 Å². The molecule has 38 nitrogen and oxygen atoms in total. The normalized spacial score (nSPS) is 26.3. The molecular weight excluding hydrogens is 1660 g/mol. The van der Waals surface area contributed by atoms with Crippen LogP contribution in [0.3, 0.4) is 0 Å². The third kappa shape index (κ3) is 19.3. The van der Waals surface area contributed by atoms with Crippen molar-refractivity contribution in [1.82, 2.24) is 42.5 Å². The van der Waals surface area contributed by atoms with Gasteiger partial charge < -0.3 is 142 Å². The Bertz CT molecular complexity index is 5290. The number of aliphatic hydroxyl groups excluding tert-OH is 6. The molecule has 0 spiro atoms. The van der Waals surface area contributed by atoms with E-state index in [0.717, 1.165) is 99.0 Å². The third-order valence-electron chi connectivity index (χ3n) is 21.4. The highest BCUT2D eigenvalue weighted by atomic mass is 35.5. The first-order valence-electron chi connectivity index (χ1n) is 38.8. The zero-order valence-electron chi connectivity index (χ0n) is 65.6. The van der Waals surface area contributed by atoms with Crippen molar-refractivity contribution in [3.05, 3.63) is 164 Å². The summed E-state index contributed by atoms with van der Waals surface area (Å²) in [7, 11) is 1.41. The van der Waals surface area contributed by atoms with Crippen molar-refractivity contribution in [3.8, 4) is 80.1 Å². The monoisotopic (exact) mass is 1740 g/mol. The fourth-order valence-electron chi connectivity index (χ4n) is 15.0. The van der Waals surface area contributed by atoms with Gasteiger partial charge in [-0.3, -0.25) is 38.4 Å². The van der Waals surface area contributed by atoms with Crippen molar-refractivity contribution in [2.45, 2.75) is 175 Å². The molecule has 7 aromatic carbocycles. The summed E-state index contributed by atoms with van der Waals surface area (Å²) in [6.07, 6.45) is -18.7. The number of likely N-dealkylation sites (N-methyl/N-ethyl adjacent to an activating group) is 1. The molecule has 2 saturated heterocycles. The number of fused-ring (bicyclic) bond motifs is 14. The smallest absolute Gasteiger partial charge is 0.335 e. The number of hydrogen-bond acceptors (Lipinski definition) is 29. The number of carbonyl (C=O) groups excluding carboxylic acids is 8. The molecule has 0 unspecified atom stereocenters. The molecule has 20 N–H and O–H groups in total. The van der Waals surface area contributed by atoms with Crippen LogP contribution in [0, 0.1) is 5.92 Å². The number of unbranched alkanes of at least 4 members (excludes halogenated alkanes) is 3. The lowest BCUT2D eigenvalue weighted by molar-refractivity contribution is -0.278. The van der Waals surface area contributed by atoms with E-state index in [1.54, 1.807) is 0 Å². The summed E-state index contributed by atoms with van der Waals surface area (Å²) < 4.78 is 49.2. The molecule has 0 aromatic heterocycles. The molecule has 7 amide bonds. The highest BCUT2D eigenvalue weighted by Crippen LogP contribution is 2.50. The van der Waals surface area contributed by atoms with Gasteiger partial charge in [0.05, 0.1) is 10.0 Å². The van der Waals surface area contributed by atoms with E-state index in [1.165, 1.54) is 49.5 Å². The molecule has 8 aliphatic heterocycles. The molecule has 8 heterocycles. The summed E-state index contributed by atoms with van der Waals surface area (Å²) in [5.41, 5.74) is -3.39. The number of carboxylic acids is 2. The van der Waals surface area contributed by atoms with Crippen LogP contribution in [0.5, 0.6) is 69.0 Å². The second-order valence-electron chi connectivity index (χ2n) is 30.5. The Labute approximate surface area is 708 Å². The van der Waals surface area contributed by atoms with Crippen LogP contribution in [-0.2, 0) is 68.6 Å². The first-order chi connectivity index (χ1) is 58.5. The van der Waals surface area contributed by atoms with Crippen molar-refractivity contribution in [1.29, 1.82) is 0 Å². The predicted molar refractivity (Wildman–Crippen MR) is 424 cm³/mol. The number of esters is 1. The first-order valence-corrected chi connectivity index (χ1v) is 39.5. The quantitative estimate of drug-likeness (QED) is 0.0453. The second-order valence-corrected chi connectivity index (χ2v) is 31.3. The van der Waals surface area contributed by atoms with Crippen LogP contribution in [0.25, 0.3) is 11.1 Å². The number of aliphatic carboxylic acids is 2. The van der Waals surface area contributed by atoms with E-state index in [0.29, 0.717) is 18.8 Å². The van der Waals surface area contributed by atoms with Gasteiger partial charge in [0.25, 0.3) is 0 Å². The topological polar surface area (TPSA) is 584 Å². The average Bonchev–Trinajstić information content (AvgIpc) is 0.762. The fraction of sp³-hybridized carbons (Fsp3) is 0.373. The number of carbonyl (C=O) groups is 10. The Kier molecular flexibility index (Phi) is 26.7. The molecule has 123 heavy (non-hydrogen) atoms. The molecule has 17 bridgehead atoms. The van der Waals surface area contributed by atoms with Gasteiger partial charge in [-0.05, 0) is 120 Å². The Balaban J connectivity index is 1.04. The van der Waals surface area contributed by atoms with Crippen LogP contribution in [0.2, 0.25) is 10.0 Å².